The average Bonchev–Trinajstić information content (AvgIpc) is 2.73. The van der Waals surface area contributed by atoms with Crippen LogP contribution in [0.3, 0.4) is 0 Å². The van der Waals surface area contributed by atoms with Crippen LogP contribution in [-0.4, -0.2) is 29.6 Å². The minimum atomic E-state index is -0.945. The van der Waals surface area contributed by atoms with E-state index in [1.54, 1.807) is 30.5 Å². The number of hydrogen-bond donors (Lipinski definition) is 1. The van der Waals surface area contributed by atoms with E-state index in [1.807, 2.05) is 43.3 Å². The fourth-order valence-electron chi connectivity index (χ4n) is 2.72. The quantitative estimate of drug-likeness (QED) is 0.483. The minimum Gasteiger partial charge on any atom is -0.494 e. The number of amides is 1. The van der Waals surface area contributed by atoms with Crippen LogP contribution < -0.4 is 10.1 Å². The molecule has 29 heavy (non-hydrogen) atoms. The molecule has 3 rings (SSSR count). The molecule has 0 aliphatic heterocycles. The van der Waals surface area contributed by atoms with Crippen LogP contribution in [0.5, 0.6) is 5.75 Å². The smallest absolute Gasteiger partial charge is 0.331 e. The first-order valence-electron chi connectivity index (χ1n) is 9.33. The van der Waals surface area contributed by atoms with Crippen molar-refractivity contribution >= 4 is 34.5 Å². The highest BCUT2D eigenvalue weighted by molar-refractivity contribution is 6.03. The van der Waals surface area contributed by atoms with E-state index in [2.05, 4.69) is 10.3 Å². The van der Waals surface area contributed by atoms with Gasteiger partial charge in [-0.15, -0.1) is 0 Å². The summed E-state index contributed by atoms with van der Waals surface area (Å²) in [6.07, 6.45) is 3.66. The number of ether oxygens (including phenoxy) is 2. The number of carbonyl (C=O) groups is 2. The van der Waals surface area contributed by atoms with Crippen LogP contribution in [-0.2, 0) is 14.3 Å². The molecular formula is C23H22N2O4. The lowest BCUT2D eigenvalue weighted by molar-refractivity contribution is -0.148. The van der Waals surface area contributed by atoms with Crippen LogP contribution in [0.4, 0.5) is 5.69 Å². The topological polar surface area (TPSA) is 77.5 Å². The fourth-order valence-corrected chi connectivity index (χ4v) is 2.72. The Bertz CT molecular complexity index is 1020. The van der Waals surface area contributed by atoms with E-state index < -0.39 is 18.0 Å². The molecule has 0 fully saturated rings. The summed E-state index contributed by atoms with van der Waals surface area (Å²) >= 11 is 0. The molecule has 0 spiro atoms. The summed E-state index contributed by atoms with van der Waals surface area (Å²) in [6, 6.07) is 16.4. The van der Waals surface area contributed by atoms with Crippen molar-refractivity contribution in [3.05, 3.63) is 72.4 Å². The summed E-state index contributed by atoms with van der Waals surface area (Å²) < 4.78 is 10.6. The number of anilines is 1. The number of nitrogens with one attached hydrogen (secondary N) is 1. The molecule has 1 heterocycles. The molecule has 0 saturated heterocycles. The maximum Gasteiger partial charge on any atom is 0.331 e. The third kappa shape index (κ3) is 5.42. The lowest BCUT2D eigenvalue weighted by Crippen LogP contribution is -2.29. The Labute approximate surface area is 169 Å². The molecule has 1 amide bonds. The van der Waals surface area contributed by atoms with Crippen LogP contribution in [0.2, 0.25) is 0 Å². The number of benzene rings is 2. The van der Waals surface area contributed by atoms with Crippen molar-refractivity contribution in [3.8, 4) is 5.75 Å². The first-order chi connectivity index (χ1) is 14.1. The maximum absolute atomic E-state index is 12.4. The third-order valence-corrected chi connectivity index (χ3v) is 4.17. The van der Waals surface area contributed by atoms with E-state index in [-0.39, 0.29) is 0 Å². The number of nitrogens with zero attached hydrogens (tertiary/aromatic N) is 1. The monoisotopic (exact) mass is 390 g/mol. The summed E-state index contributed by atoms with van der Waals surface area (Å²) in [7, 11) is 0. The van der Waals surface area contributed by atoms with E-state index >= 15 is 0 Å². The number of hydrogen-bond acceptors (Lipinski definition) is 5. The van der Waals surface area contributed by atoms with E-state index in [0.29, 0.717) is 12.3 Å². The number of carbonyl (C=O) groups excluding carboxylic acids is 2. The second kappa shape index (κ2) is 9.50. The number of esters is 1. The van der Waals surface area contributed by atoms with Crippen LogP contribution in [0.1, 0.15) is 19.4 Å². The summed E-state index contributed by atoms with van der Waals surface area (Å²) in [6.45, 7) is 4.04. The molecule has 1 atom stereocenters. The Morgan fingerprint density at radius 2 is 1.90 bits per heavy atom. The summed E-state index contributed by atoms with van der Waals surface area (Å²) in [5.41, 5.74) is 2.22. The van der Waals surface area contributed by atoms with Crippen molar-refractivity contribution in [2.45, 2.75) is 20.0 Å². The lowest BCUT2D eigenvalue weighted by atomic mass is 10.2. The highest BCUT2D eigenvalue weighted by Gasteiger charge is 2.17. The van der Waals surface area contributed by atoms with Gasteiger partial charge in [0.15, 0.2) is 6.10 Å². The second-order valence-electron chi connectivity index (χ2n) is 6.28. The van der Waals surface area contributed by atoms with E-state index in [0.717, 1.165) is 22.2 Å². The Hall–Kier alpha value is -3.67. The minimum absolute atomic E-state index is 0.413. The van der Waals surface area contributed by atoms with Gasteiger partial charge >= 0.3 is 5.97 Å². The van der Waals surface area contributed by atoms with Crippen molar-refractivity contribution in [3.63, 3.8) is 0 Å². The van der Waals surface area contributed by atoms with E-state index in [1.165, 1.54) is 13.0 Å². The Morgan fingerprint density at radius 3 is 2.66 bits per heavy atom. The molecule has 0 aliphatic carbocycles. The zero-order valence-electron chi connectivity index (χ0n) is 16.3. The molecule has 1 aromatic heterocycles. The molecule has 0 saturated carbocycles. The van der Waals surface area contributed by atoms with Crippen LogP contribution in [0.15, 0.2) is 66.9 Å². The Balaban J connectivity index is 1.58. The zero-order chi connectivity index (χ0) is 20.6. The Morgan fingerprint density at radius 1 is 1.10 bits per heavy atom. The van der Waals surface area contributed by atoms with Gasteiger partial charge < -0.3 is 14.8 Å². The molecule has 148 valence electrons. The van der Waals surface area contributed by atoms with Crippen molar-refractivity contribution in [1.29, 1.82) is 0 Å². The van der Waals surface area contributed by atoms with Crippen LogP contribution >= 0.6 is 0 Å². The molecule has 6 heteroatoms. The summed E-state index contributed by atoms with van der Waals surface area (Å²) in [4.78, 5) is 28.7. The van der Waals surface area contributed by atoms with Gasteiger partial charge in [-0.05, 0) is 61.9 Å². The predicted octanol–water partition coefficient (Wildman–Crippen LogP) is 4.22. The highest BCUT2D eigenvalue weighted by Crippen LogP contribution is 2.21. The second-order valence-corrected chi connectivity index (χ2v) is 6.28. The molecule has 0 aliphatic rings. The number of pyridine rings is 1. The van der Waals surface area contributed by atoms with Gasteiger partial charge in [-0.3, -0.25) is 9.78 Å². The number of rotatable bonds is 7. The molecule has 0 radical (unpaired) electrons. The fraction of sp³-hybridized carbons (Fsp3) is 0.174. The van der Waals surface area contributed by atoms with Crippen LogP contribution in [0.25, 0.3) is 17.0 Å². The van der Waals surface area contributed by atoms with Gasteiger partial charge in [0.1, 0.15) is 5.75 Å². The first-order valence-corrected chi connectivity index (χ1v) is 9.33. The van der Waals surface area contributed by atoms with Crippen molar-refractivity contribution in [2.24, 2.45) is 0 Å². The third-order valence-electron chi connectivity index (χ3n) is 4.17. The largest absolute Gasteiger partial charge is 0.494 e. The molecular weight excluding hydrogens is 368 g/mol. The molecule has 0 bridgehead atoms. The van der Waals surface area contributed by atoms with Gasteiger partial charge in [-0.2, -0.15) is 0 Å². The lowest BCUT2D eigenvalue weighted by Gasteiger charge is -2.13. The van der Waals surface area contributed by atoms with Gasteiger partial charge in [0.2, 0.25) is 0 Å². The number of aromatic nitrogens is 1. The van der Waals surface area contributed by atoms with Crippen molar-refractivity contribution in [2.75, 3.05) is 11.9 Å². The molecule has 1 unspecified atom stereocenters. The van der Waals surface area contributed by atoms with Crippen LogP contribution in [0, 0.1) is 0 Å². The van der Waals surface area contributed by atoms with Gasteiger partial charge in [0.25, 0.3) is 5.91 Å². The standard InChI is InChI=1S/C23H22N2O4/c1-3-28-18-12-9-17(10-13-18)11-14-22(26)29-16(2)23(27)25-21-8-4-7-20-19(21)6-5-15-24-20/h4-16H,3H2,1-2H3,(H,25,27)/b14-11+. The average molecular weight is 390 g/mol. The number of fused-ring (bicyclic) bond motifs is 1. The molecule has 1 N–H and O–H groups in total. The first kappa shape index (κ1) is 20.1. The predicted molar refractivity (Wildman–Crippen MR) is 113 cm³/mol. The molecule has 3 aromatic rings. The van der Waals surface area contributed by atoms with Gasteiger partial charge in [0.05, 0.1) is 17.8 Å². The Kier molecular flexibility index (Phi) is 6.58. The highest BCUT2D eigenvalue weighted by atomic mass is 16.5. The van der Waals surface area contributed by atoms with Gasteiger partial charge in [-0.25, -0.2) is 4.79 Å². The normalized spacial score (nSPS) is 11.9. The summed E-state index contributed by atoms with van der Waals surface area (Å²) in [5, 5.41) is 3.60. The van der Waals surface area contributed by atoms with Crippen molar-refractivity contribution in [1.82, 2.24) is 4.98 Å². The van der Waals surface area contributed by atoms with E-state index in [9.17, 15) is 9.59 Å². The van der Waals surface area contributed by atoms with Gasteiger partial charge in [0, 0.05) is 17.7 Å². The van der Waals surface area contributed by atoms with Crippen molar-refractivity contribution < 1.29 is 19.1 Å². The zero-order valence-corrected chi connectivity index (χ0v) is 16.3. The summed E-state index contributed by atoms with van der Waals surface area (Å²) in [5.74, 6) is -0.244. The molecule has 2 aromatic carbocycles. The SMILES string of the molecule is CCOc1ccc(/C=C/C(=O)OC(C)C(=O)Nc2cccc3ncccc23)cc1. The molecule has 6 nitrogen and oxygen atoms in total. The van der Waals surface area contributed by atoms with Gasteiger partial charge in [-0.1, -0.05) is 18.2 Å². The maximum atomic E-state index is 12.4. The van der Waals surface area contributed by atoms with E-state index in [4.69, 9.17) is 9.47 Å².